The third-order valence-electron chi connectivity index (χ3n) is 1.70. The van der Waals surface area contributed by atoms with Crippen molar-refractivity contribution in [3.05, 3.63) is 0 Å². The van der Waals surface area contributed by atoms with Gasteiger partial charge in [0.1, 0.15) is 5.72 Å². The molecule has 0 fully saturated rings. The Bertz CT molecular complexity index is 120. The van der Waals surface area contributed by atoms with Crippen LogP contribution in [0.4, 0.5) is 0 Å². The molecule has 12 heavy (non-hydrogen) atoms. The minimum absolute atomic E-state index is 0.144. The van der Waals surface area contributed by atoms with Crippen molar-refractivity contribution in [3.63, 3.8) is 0 Å². The molecule has 74 valence electrons. The van der Waals surface area contributed by atoms with E-state index in [0.29, 0.717) is 6.42 Å². The molecule has 0 spiro atoms. The molecule has 3 N–H and O–H groups in total. The first-order valence-corrected chi connectivity index (χ1v) is 4.55. The van der Waals surface area contributed by atoms with Crippen LogP contribution in [0.3, 0.4) is 0 Å². The molecule has 2 unspecified atom stereocenters. The lowest BCUT2D eigenvalue weighted by molar-refractivity contribution is -0.117. The van der Waals surface area contributed by atoms with Crippen LogP contribution >= 0.6 is 0 Å². The number of rotatable bonds is 5. The zero-order valence-electron chi connectivity index (χ0n) is 8.50. The Morgan fingerprint density at radius 1 is 1.33 bits per heavy atom. The fourth-order valence-electron chi connectivity index (χ4n) is 1.09. The zero-order chi connectivity index (χ0) is 9.78. The van der Waals surface area contributed by atoms with Crippen molar-refractivity contribution in [2.24, 2.45) is 5.73 Å². The van der Waals surface area contributed by atoms with Gasteiger partial charge in [0.25, 0.3) is 0 Å². The largest absolute Gasteiger partial charge is 0.390 e. The summed E-state index contributed by atoms with van der Waals surface area (Å²) >= 11 is 0. The number of aliphatic hydroxyl groups excluding tert-OH is 1. The van der Waals surface area contributed by atoms with Crippen LogP contribution in [-0.4, -0.2) is 23.0 Å². The summed E-state index contributed by atoms with van der Waals surface area (Å²) in [6.45, 7) is 7.49. The normalized spacial score (nSPS) is 17.5. The molecule has 3 heteroatoms. The van der Waals surface area contributed by atoms with E-state index in [1.54, 1.807) is 13.8 Å². The molecule has 0 aromatic rings. The fraction of sp³-hybridized carbons (Fsp3) is 1.00. The summed E-state index contributed by atoms with van der Waals surface area (Å²) in [6, 6.07) is 0. The SMILES string of the molecule is CCC(O)C(CC)OC(C)(C)N. The van der Waals surface area contributed by atoms with E-state index in [-0.39, 0.29) is 6.10 Å². The molecule has 0 aliphatic heterocycles. The zero-order valence-corrected chi connectivity index (χ0v) is 8.50. The van der Waals surface area contributed by atoms with Crippen LogP contribution < -0.4 is 5.73 Å². The average Bonchev–Trinajstić information content (AvgIpc) is 1.97. The van der Waals surface area contributed by atoms with Gasteiger partial charge in [0.2, 0.25) is 0 Å². The van der Waals surface area contributed by atoms with E-state index in [1.165, 1.54) is 0 Å². The van der Waals surface area contributed by atoms with Gasteiger partial charge in [0.15, 0.2) is 0 Å². The van der Waals surface area contributed by atoms with Crippen molar-refractivity contribution in [1.29, 1.82) is 0 Å². The van der Waals surface area contributed by atoms with Crippen LogP contribution in [0.2, 0.25) is 0 Å². The molecule has 0 bridgehead atoms. The Balaban J connectivity index is 3.99. The summed E-state index contributed by atoms with van der Waals surface area (Å²) in [5, 5.41) is 9.50. The van der Waals surface area contributed by atoms with Gasteiger partial charge in [-0.05, 0) is 26.7 Å². The van der Waals surface area contributed by atoms with Gasteiger partial charge in [-0.15, -0.1) is 0 Å². The molecule has 0 aliphatic rings. The van der Waals surface area contributed by atoms with Gasteiger partial charge in [0, 0.05) is 0 Å². The highest BCUT2D eigenvalue weighted by Gasteiger charge is 2.22. The predicted molar refractivity (Wildman–Crippen MR) is 49.7 cm³/mol. The molecular weight excluding hydrogens is 154 g/mol. The summed E-state index contributed by atoms with van der Waals surface area (Å²) in [5.41, 5.74) is 5.02. The molecule has 0 aliphatic carbocycles. The monoisotopic (exact) mass is 175 g/mol. The standard InChI is InChI=1S/C9H21NO2/c1-5-7(11)8(6-2)12-9(3,4)10/h7-8,11H,5-6,10H2,1-4H3. The van der Waals surface area contributed by atoms with Crippen molar-refractivity contribution in [3.8, 4) is 0 Å². The van der Waals surface area contributed by atoms with Crippen molar-refractivity contribution in [2.45, 2.75) is 58.5 Å². The third-order valence-corrected chi connectivity index (χ3v) is 1.70. The van der Waals surface area contributed by atoms with Gasteiger partial charge in [-0.1, -0.05) is 13.8 Å². The van der Waals surface area contributed by atoms with Crippen molar-refractivity contribution in [1.82, 2.24) is 0 Å². The van der Waals surface area contributed by atoms with Crippen LogP contribution in [0.25, 0.3) is 0 Å². The fourth-order valence-corrected chi connectivity index (χ4v) is 1.09. The minimum atomic E-state index is -0.656. The highest BCUT2D eigenvalue weighted by atomic mass is 16.5. The van der Waals surface area contributed by atoms with E-state index < -0.39 is 11.8 Å². The third kappa shape index (κ3) is 4.70. The second kappa shape index (κ2) is 4.80. The van der Waals surface area contributed by atoms with E-state index in [4.69, 9.17) is 10.5 Å². The lowest BCUT2D eigenvalue weighted by atomic mass is 10.1. The maximum atomic E-state index is 9.50. The molecule has 0 saturated carbocycles. The van der Waals surface area contributed by atoms with Crippen LogP contribution in [0.1, 0.15) is 40.5 Å². The lowest BCUT2D eigenvalue weighted by Gasteiger charge is -2.29. The van der Waals surface area contributed by atoms with Crippen LogP contribution in [0.5, 0.6) is 0 Å². The Labute approximate surface area is 74.9 Å². The molecule has 0 rings (SSSR count). The van der Waals surface area contributed by atoms with Crippen LogP contribution in [-0.2, 0) is 4.74 Å². The molecule has 0 aromatic carbocycles. The summed E-state index contributed by atoms with van der Waals surface area (Å²) < 4.78 is 5.47. The number of aliphatic hydroxyl groups is 1. The van der Waals surface area contributed by atoms with Gasteiger partial charge in [0.05, 0.1) is 12.2 Å². The van der Waals surface area contributed by atoms with Gasteiger partial charge < -0.3 is 15.6 Å². The van der Waals surface area contributed by atoms with E-state index in [9.17, 15) is 5.11 Å². The topological polar surface area (TPSA) is 55.5 Å². The van der Waals surface area contributed by atoms with E-state index in [0.717, 1.165) is 6.42 Å². The maximum absolute atomic E-state index is 9.50. The van der Waals surface area contributed by atoms with Crippen molar-refractivity contribution >= 4 is 0 Å². The van der Waals surface area contributed by atoms with Gasteiger partial charge >= 0.3 is 0 Å². The molecular formula is C9H21NO2. The smallest absolute Gasteiger partial charge is 0.111 e. The summed E-state index contributed by atoms with van der Waals surface area (Å²) in [4.78, 5) is 0. The Hall–Kier alpha value is -0.120. The number of hydrogen-bond acceptors (Lipinski definition) is 3. The maximum Gasteiger partial charge on any atom is 0.111 e. The molecule has 2 atom stereocenters. The Morgan fingerprint density at radius 3 is 2.08 bits per heavy atom. The first-order valence-electron chi connectivity index (χ1n) is 4.55. The Kier molecular flexibility index (Phi) is 4.75. The van der Waals surface area contributed by atoms with Crippen LogP contribution in [0.15, 0.2) is 0 Å². The van der Waals surface area contributed by atoms with E-state index >= 15 is 0 Å². The van der Waals surface area contributed by atoms with E-state index in [2.05, 4.69) is 0 Å². The molecule has 3 nitrogen and oxygen atoms in total. The summed E-state index contributed by atoms with van der Waals surface area (Å²) in [5.74, 6) is 0. The molecule has 0 aromatic heterocycles. The van der Waals surface area contributed by atoms with Gasteiger partial charge in [-0.3, -0.25) is 0 Å². The van der Waals surface area contributed by atoms with Crippen molar-refractivity contribution < 1.29 is 9.84 Å². The first-order chi connectivity index (χ1) is 5.40. The molecule has 0 amide bonds. The average molecular weight is 175 g/mol. The Morgan fingerprint density at radius 2 is 1.83 bits per heavy atom. The second-order valence-corrected chi connectivity index (χ2v) is 3.64. The van der Waals surface area contributed by atoms with Gasteiger partial charge in [-0.2, -0.15) is 0 Å². The number of hydrogen-bond donors (Lipinski definition) is 2. The summed E-state index contributed by atoms with van der Waals surface area (Å²) in [7, 11) is 0. The first kappa shape index (κ1) is 11.9. The minimum Gasteiger partial charge on any atom is -0.390 e. The second-order valence-electron chi connectivity index (χ2n) is 3.64. The van der Waals surface area contributed by atoms with Crippen LogP contribution in [0, 0.1) is 0 Å². The number of nitrogens with two attached hydrogens (primary N) is 1. The molecule has 0 saturated heterocycles. The quantitative estimate of drug-likeness (QED) is 0.618. The number of ether oxygens (including phenoxy) is 1. The highest BCUT2D eigenvalue weighted by molar-refractivity contribution is 4.70. The molecule has 0 radical (unpaired) electrons. The van der Waals surface area contributed by atoms with Gasteiger partial charge in [-0.25, -0.2) is 0 Å². The highest BCUT2D eigenvalue weighted by Crippen LogP contribution is 2.13. The molecule has 0 heterocycles. The van der Waals surface area contributed by atoms with E-state index in [1.807, 2.05) is 13.8 Å². The predicted octanol–water partition coefficient (Wildman–Crippen LogP) is 1.25. The summed E-state index contributed by atoms with van der Waals surface area (Å²) in [6.07, 6.45) is 0.942. The lowest BCUT2D eigenvalue weighted by Crippen LogP contribution is -2.43. The van der Waals surface area contributed by atoms with Crippen molar-refractivity contribution in [2.75, 3.05) is 0 Å².